The van der Waals surface area contributed by atoms with Gasteiger partial charge in [0.25, 0.3) is 0 Å². The molecule has 7 heteroatoms. The number of furan rings is 1. The first kappa shape index (κ1) is 18.7. The van der Waals surface area contributed by atoms with Gasteiger partial charge >= 0.3 is 6.61 Å². The van der Waals surface area contributed by atoms with Crippen LogP contribution in [0.1, 0.15) is 11.1 Å². The lowest BCUT2D eigenvalue weighted by Crippen LogP contribution is -2.27. The van der Waals surface area contributed by atoms with Crippen molar-refractivity contribution in [1.82, 2.24) is 5.32 Å². The van der Waals surface area contributed by atoms with Crippen LogP contribution < -0.4 is 14.8 Å². The van der Waals surface area contributed by atoms with E-state index in [0.717, 1.165) is 16.5 Å². The molecule has 2 aromatic carbocycles. The number of rotatable bonds is 8. The lowest BCUT2D eigenvalue weighted by Gasteiger charge is -2.07. The third kappa shape index (κ3) is 4.97. The van der Waals surface area contributed by atoms with Gasteiger partial charge in [0.1, 0.15) is 17.1 Å². The second-order valence-electron chi connectivity index (χ2n) is 5.92. The number of fused-ring (bicyclic) bond motifs is 1. The molecular weight excluding hydrogens is 356 g/mol. The van der Waals surface area contributed by atoms with Gasteiger partial charge in [-0.1, -0.05) is 12.1 Å². The van der Waals surface area contributed by atoms with Crippen LogP contribution in [0.3, 0.4) is 0 Å². The van der Waals surface area contributed by atoms with Gasteiger partial charge in [0.2, 0.25) is 5.91 Å². The van der Waals surface area contributed by atoms with E-state index in [4.69, 9.17) is 9.15 Å². The van der Waals surface area contributed by atoms with Gasteiger partial charge in [0.15, 0.2) is 0 Å². The highest BCUT2D eigenvalue weighted by molar-refractivity contribution is 5.88. The number of nitrogens with one attached hydrogen (secondary N) is 1. The summed E-state index contributed by atoms with van der Waals surface area (Å²) in [6, 6.07) is 11.8. The predicted octanol–water partition coefficient (Wildman–Crippen LogP) is 3.94. The number of amides is 1. The number of methoxy groups -OCH3 is 1. The molecule has 0 saturated carbocycles. The lowest BCUT2D eigenvalue weighted by atomic mass is 10.1. The van der Waals surface area contributed by atoms with E-state index in [2.05, 4.69) is 10.1 Å². The number of halogens is 2. The summed E-state index contributed by atoms with van der Waals surface area (Å²) in [5.74, 6) is 0.685. The number of carbonyl (C=O) groups excluding carboxylic acids is 1. The fraction of sp³-hybridized carbons (Fsp3) is 0.250. The number of hydrogen-bond donors (Lipinski definition) is 1. The maximum Gasteiger partial charge on any atom is 0.387 e. The summed E-state index contributed by atoms with van der Waals surface area (Å²) in [7, 11) is 1.58. The summed E-state index contributed by atoms with van der Waals surface area (Å²) in [4.78, 5) is 12.2. The molecule has 5 nitrogen and oxygen atoms in total. The van der Waals surface area contributed by atoms with Crippen LogP contribution >= 0.6 is 0 Å². The Kier molecular flexibility index (Phi) is 5.90. The van der Waals surface area contributed by atoms with Crippen LogP contribution in [0.15, 0.2) is 53.1 Å². The van der Waals surface area contributed by atoms with Gasteiger partial charge in [-0.05, 0) is 36.2 Å². The molecule has 0 aliphatic rings. The molecule has 0 atom stereocenters. The number of benzene rings is 2. The van der Waals surface area contributed by atoms with Gasteiger partial charge in [-0.15, -0.1) is 0 Å². The van der Waals surface area contributed by atoms with Crippen LogP contribution in [-0.4, -0.2) is 26.2 Å². The molecule has 0 saturated heterocycles. The molecule has 1 heterocycles. The molecule has 0 bridgehead atoms. The van der Waals surface area contributed by atoms with E-state index in [1.807, 2.05) is 12.1 Å². The molecule has 0 fully saturated rings. The van der Waals surface area contributed by atoms with Crippen molar-refractivity contribution in [3.05, 3.63) is 59.9 Å². The van der Waals surface area contributed by atoms with Gasteiger partial charge in [0.05, 0.1) is 19.8 Å². The van der Waals surface area contributed by atoms with Gasteiger partial charge in [0, 0.05) is 23.6 Å². The van der Waals surface area contributed by atoms with Crippen LogP contribution in [0, 0.1) is 0 Å². The van der Waals surface area contributed by atoms with Gasteiger partial charge in [-0.25, -0.2) is 0 Å². The largest absolute Gasteiger partial charge is 0.497 e. The first-order valence-electron chi connectivity index (χ1n) is 8.39. The third-order valence-corrected chi connectivity index (χ3v) is 4.10. The molecule has 3 aromatic rings. The van der Waals surface area contributed by atoms with Crippen LogP contribution in [0.25, 0.3) is 11.0 Å². The summed E-state index contributed by atoms with van der Waals surface area (Å²) >= 11 is 0. The van der Waals surface area contributed by atoms with Crippen molar-refractivity contribution in [3.8, 4) is 11.5 Å². The first-order chi connectivity index (χ1) is 13.0. The summed E-state index contributed by atoms with van der Waals surface area (Å²) in [6.07, 6.45) is 2.37. The highest BCUT2D eigenvalue weighted by atomic mass is 19.3. The number of alkyl halides is 2. The Balaban J connectivity index is 1.50. The Morgan fingerprint density at radius 1 is 1.15 bits per heavy atom. The zero-order chi connectivity index (χ0) is 19.2. The minimum Gasteiger partial charge on any atom is -0.497 e. The van der Waals surface area contributed by atoms with Gasteiger partial charge in [-0.2, -0.15) is 8.78 Å². The topological polar surface area (TPSA) is 60.7 Å². The minimum atomic E-state index is -2.84. The van der Waals surface area contributed by atoms with Gasteiger partial charge in [-0.3, -0.25) is 4.79 Å². The standard InChI is InChI=1S/C20H19F2NO4/c1-25-16-6-7-17-14(12-26-18(17)11-16)10-19(24)23-9-8-13-2-4-15(5-3-13)27-20(21)22/h2-7,11-12,20H,8-10H2,1H3,(H,23,24). The molecule has 0 aliphatic heterocycles. The molecule has 142 valence electrons. The molecule has 0 aliphatic carbocycles. The van der Waals surface area contributed by atoms with E-state index < -0.39 is 6.61 Å². The maximum absolute atomic E-state index is 12.2. The zero-order valence-electron chi connectivity index (χ0n) is 14.7. The maximum atomic E-state index is 12.2. The highest BCUT2D eigenvalue weighted by Crippen LogP contribution is 2.25. The second-order valence-corrected chi connectivity index (χ2v) is 5.92. The van der Waals surface area contributed by atoms with Gasteiger partial charge < -0.3 is 19.2 Å². The molecule has 1 amide bonds. The molecule has 3 rings (SSSR count). The second kappa shape index (κ2) is 8.53. The monoisotopic (exact) mass is 375 g/mol. The lowest BCUT2D eigenvalue weighted by molar-refractivity contribution is -0.120. The number of carbonyl (C=O) groups is 1. The summed E-state index contributed by atoms with van der Waals surface area (Å²) < 4.78 is 39.2. The summed E-state index contributed by atoms with van der Waals surface area (Å²) in [5, 5.41) is 3.72. The quantitative estimate of drug-likeness (QED) is 0.648. The minimum absolute atomic E-state index is 0.112. The van der Waals surface area contributed by atoms with Crippen LogP contribution in [0.5, 0.6) is 11.5 Å². The third-order valence-electron chi connectivity index (χ3n) is 4.10. The van der Waals surface area contributed by atoms with Crippen LogP contribution in [0.2, 0.25) is 0 Å². The Hall–Kier alpha value is -3.09. The van der Waals surface area contributed by atoms with Crippen molar-refractivity contribution < 1.29 is 27.5 Å². The van der Waals surface area contributed by atoms with E-state index in [1.165, 1.54) is 12.1 Å². The number of hydrogen-bond acceptors (Lipinski definition) is 4. The Labute approximate surface area is 154 Å². The molecule has 1 aromatic heterocycles. The van der Waals surface area contributed by atoms with Crippen molar-refractivity contribution >= 4 is 16.9 Å². The fourth-order valence-corrected chi connectivity index (χ4v) is 2.75. The van der Waals surface area contributed by atoms with E-state index in [1.54, 1.807) is 31.6 Å². The molecule has 0 unspecified atom stereocenters. The summed E-state index contributed by atoms with van der Waals surface area (Å²) in [6.45, 7) is -2.40. The zero-order valence-corrected chi connectivity index (χ0v) is 14.7. The average Bonchev–Trinajstić information content (AvgIpc) is 3.04. The van der Waals surface area contributed by atoms with Crippen molar-refractivity contribution in [2.75, 3.05) is 13.7 Å². The van der Waals surface area contributed by atoms with Crippen molar-refractivity contribution in [2.45, 2.75) is 19.5 Å². The normalized spacial score (nSPS) is 11.0. The van der Waals surface area contributed by atoms with Crippen molar-refractivity contribution in [3.63, 3.8) is 0 Å². The fourth-order valence-electron chi connectivity index (χ4n) is 2.75. The number of ether oxygens (including phenoxy) is 2. The Morgan fingerprint density at radius 3 is 2.59 bits per heavy atom. The molecule has 0 radical (unpaired) electrons. The van der Waals surface area contributed by atoms with E-state index in [9.17, 15) is 13.6 Å². The molecule has 27 heavy (non-hydrogen) atoms. The van der Waals surface area contributed by atoms with E-state index in [0.29, 0.717) is 24.3 Å². The van der Waals surface area contributed by atoms with Crippen LogP contribution in [-0.2, 0) is 17.6 Å². The summed E-state index contributed by atoms with van der Waals surface area (Å²) in [5.41, 5.74) is 2.39. The Bertz CT molecular complexity index is 906. The van der Waals surface area contributed by atoms with E-state index >= 15 is 0 Å². The highest BCUT2D eigenvalue weighted by Gasteiger charge is 2.11. The van der Waals surface area contributed by atoms with Crippen molar-refractivity contribution in [1.29, 1.82) is 0 Å². The Morgan fingerprint density at radius 2 is 1.89 bits per heavy atom. The first-order valence-corrected chi connectivity index (χ1v) is 8.39. The predicted molar refractivity (Wildman–Crippen MR) is 96.3 cm³/mol. The van der Waals surface area contributed by atoms with E-state index in [-0.39, 0.29) is 18.1 Å². The smallest absolute Gasteiger partial charge is 0.387 e. The van der Waals surface area contributed by atoms with Crippen molar-refractivity contribution in [2.24, 2.45) is 0 Å². The SMILES string of the molecule is COc1ccc2c(CC(=O)NCCc3ccc(OC(F)F)cc3)coc2c1. The molecule has 0 spiro atoms. The average molecular weight is 375 g/mol. The molecular formula is C20H19F2NO4. The molecule has 1 N–H and O–H groups in total. The van der Waals surface area contributed by atoms with Crippen LogP contribution in [0.4, 0.5) is 8.78 Å².